The molecule has 2 rings (SSSR count). The van der Waals surface area contributed by atoms with Gasteiger partial charge in [0, 0.05) is 18.0 Å². The van der Waals surface area contributed by atoms with Crippen molar-refractivity contribution >= 4 is 33.2 Å². The normalized spacial score (nSPS) is 11.2. The molecule has 0 atom stereocenters. The molecule has 19 heavy (non-hydrogen) atoms. The second-order valence-electron chi connectivity index (χ2n) is 3.89. The lowest BCUT2D eigenvalue weighted by Crippen LogP contribution is -2.16. The first-order valence-electron chi connectivity index (χ1n) is 5.33. The van der Waals surface area contributed by atoms with E-state index in [1.807, 2.05) is 0 Å². The van der Waals surface area contributed by atoms with Gasteiger partial charge in [-0.3, -0.25) is 0 Å². The standard InChI is InChI=1S/C11H12N4O2S2/c1-7-6-8(10(12)18)2-3-9(7)19(16,17)15-11-13-4-5-14-11/h2-6H,1H3,(H2,12,18)(H2,13,14,15). The number of benzene rings is 1. The molecule has 0 unspecified atom stereocenters. The summed E-state index contributed by atoms with van der Waals surface area (Å²) in [7, 11) is -3.68. The molecule has 0 aliphatic heterocycles. The number of thiocarbonyl (C=S) groups is 1. The molecule has 1 heterocycles. The predicted octanol–water partition coefficient (Wildman–Crippen LogP) is 1.15. The number of nitrogens with two attached hydrogens (primary N) is 1. The number of aromatic amines is 1. The van der Waals surface area contributed by atoms with Gasteiger partial charge >= 0.3 is 0 Å². The molecular formula is C11H12N4O2S2. The van der Waals surface area contributed by atoms with Gasteiger partial charge in [-0.15, -0.1) is 0 Å². The van der Waals surface area contributed by atoms with Crippen LogP contribution in [-0.2, 0) is 10.0 Å². The molecular weight excluding hydrogens is 284 g/mol. The molecule has 100 valence electrons. The summed E-state index contributed by atoms with van der Waals surface area (Å²) in [4.78, 5) is 6.87. The quantitative estimate of drug-likeness (QED) is 0.735. The van der Waals surface area contributed by atoms with Crippen LogP contribution >= 0.6 is 12.2 Å². The SMILES string of the molecule is Cc1cc(C(N)=S)ccc1S(=O)(=O)Nc1ncc[nH]1. The van der Waals surface area contributed by atoms with Crippen molar-refractivity contribution in [2.45, 2.75) is 11.8 Å². The topological polar surface area (TPSA) is 101 Å². The number of nitrogens with one attached hydrogen (secondary N) is 2. The summed E-state index contributed by atoms with van der Waals surface area (Å²) in [6.07, 6.45) is 2.99. The molecule has 4 N–H and O–H groups in total. The number of rotatable bonds is 4. The van der Waals surface area contributed by atoms with Gasteiger partial charge in [0.2, 0.25) is 5.95 Å². The van der Waals surface area contributed by atoms with Crippen molar-refractivity contribution in [2.24, 2.45) is 5.73 Å². The smallest absolute Gasteiger partial charge is 0.264 e. The summed E-state index contributed by atoms with van der Waals surface area (Å²) in [6, 6.07) is 4.68. The average Bonchev–Trinajstić information content (AvgIpc) is 2.80. The highest BCUT2D eigenvalue weighted by atomic mass is 32.2. The molecule has 6 nitrogen and oxygen atoms in total. The maximum absolute atomic E-state index is 12.2. The lowest BCUT2D eigenvalue weighted by atomic mass is 10.1. The third-order valence-electron chi connectivity index (χ3n) is 2.48. The van der Waals surface area contributed by atoms with E-state index < -0.39 is 10.0 Å². The Bertz CT molecular complexity index is 708. The van der Waals surface area contributed by atoms with Crippen LogP contribution in [0.15, 0.2) is 35.5 Å². The molecule has 0 spiro atoms. The van der Waals surface area contributed by atoms with Gasteiger partial charge in [-0.2, -0.15) is 0 Å². The van der Waals surface area contributed by atoms with Crippen molar-refractivity contribution in [3.05, 3.63) is 41.7 Å². The highest BCUT2D eigenvalue weighted by Gasteiger charge is 2.18. The van der Waals surface area contributed by atoms with Gasteiger partial charge < -0.3 is 10.7 Å². The van der Waals surface area contributed by atoms with Crippen LogP contribution in [0.4, 0.5) is 5.95 Å². The zero-order valence-corrected chi connectivity index (χ0v) is 11.7. The Kier molecular flexibility index (Phi) is 3.54. The van der Waals surface area contributed by atoms with Crippen molar-refractivity contribution in [1.82, 2.24) is 9.97 Å². The first-order valence-corrected chi connectivity index (χ1v) is 7.22. The van der Waals surface area contributed by atoms with Crippen LogP contribution in [0, 0.1) is 6.92 Å². The summed E-state index contributed by atoms with van der Waals surface area (Å²) in [5.74, 6) is 0.165. The molecule has 0 aliphatic rings. The zero-order chi connectivity index (χ0) is 14.0. The lowest BCUT2D eigenvalue weighted by Gasteiger charge is -2.09. The summed E-state index contributed by atoms with van der Waals surface area (Å²) in [5.41, 5.74) is 6.69. The van der Waals surface area contributed by atoms with E-state index in [2.05, 4.69) is 14.7 Å². The Morgan fingerprint density at radius 1 is 1.47 bits per heavy atom. The van der Waals surface area contributed by atoms with Crippen LogP contribution in [0.2, 0.25) is 0 Å². The number of anilines is 1. The van der Waals surface area contributed by atoms with Gasteiger partial charge in [-0.25, -0.2) is 18.1 Å². The van der Waals surface area contributed by atoms with Gasteiger partial charge in [0.1, 0.15) is 4.99 Å². The summed E-state index contributed by atoms with van der Waals surface area (Å²) >= 11 is 4.85. The predicted molar refractivity (Wildman–Crippen MR) is 76.5 cm³/mol. The fraction of sp³-hybridized carbons (Fsp3) is 0.0909. The first-order chi connectivity index (χ1) is 8.90. The van der Waals surface area contributed by atoms with E-state index in [1.54, 1.807) is 19.1 Å². The first kappa shape index (κ1) is 13.5. The molecule has 1 aromatic carbocycles. The zero-order valence-electron chi connectivity index (χ0n) is 10.0. The van der Waals surface area contributed by atoms with Gasteiger partial charge in [-0.1, -0.05) is 18.3 Å². The van der Waals surface area contributed by atoms with E-state index in [-0.39, 0.29) is 15.8 Å². The molecule has 0 amide bonds. The van der Waals surface area contributed by atoms with Crippen LogP contribution in [0.5, 0.6) is 0 Å². The number of aromatic nitrogens is 2. The van der Waals surface area contributed by atoms with Crippen molar-refractivity contribution in [1.29, 1.82) is 0 Å². The van der Waals surface area contributed by atoms with E-state index in [0.717, 1.165) is 0 Å². The van der Waals surface area contributed by atoms with E-state index >= 15 is 0 Å². The highest BCUT2D eigenvalue weighted by Crippen LogP contribution is 2.19. The van der Waals surface area contributed by atoms with Crippen molar-refractivity contribution in [3.63, 3.8) is 0 Å². The second-order valence-corrected chi connectivity index (χ2v) is 5.98. The number of aryl methyl sites for hydroxylation is 1. The minimum Gasteiger partial charge on any atom is -0.389 e. The Balaban J connectivity index is 2.38. The Labute approximate surface area is 116 Å². The van der Waals surface area contributed by atoms with Gasteiger partial charge in [0.25, 0.3) is 10.0 Å². The average molecular weight is 296 g/mol. The van der Waals surface area contributed by atoms with Crippen LogP contribution in [0.1, 0.15) is 11.1 Å². The Hall–Kier alpha value is -1.93. The fourth-order valence-corrected chi connectivity index (χ4v) is 2.94. The van der Waals surface area contributed by atoms with E-state index in [1.165, 1.54) is 18.5 Å². The molecule has 8 heteroatoms. The van der Waals surface area contributed by atoms with Gasteiger partial charge in [0.05, 0.1) is 4.90 Å². The second kappa shape index (κ2) is 4.98. The minimum atomic E-state index is -3.68. The van der Waals surface area contributed by atoms with Crippen molar-refractivity contribution in [2.75, 3.05) is 4.72 Å². The maximum Gasteiger partial charge on any atom is 0.264 e. The molecule has 1 aromatic heterocycles. The molecule has 0 fully saturated rings. The Morgan fingerprint density at radius 3 is 2.74 bits per heavy atom. The van der Waals surface area contributed by atoms with E-state index in [9.17, 15) is 8.42 Å². The lowest BCUT2D eigenvalue weighted by molar-refractivity contribution is 0.600. The number of nitrogens with zero attached hydrogens (tertiary/aromatic N) is 1. The molecule has 2 aromatic rings. The summed E-state index contributed by atoms with van der Waals surface area (Å²) in [6.45, 7) is 1.68. The number of imidazole rings is 1. The maximum atomic E-state index is 12.2. The number of H-pyrrole nitrogens is 1. The summed E-state index contributed by atoms with van der Waals surface area (Å²) < 4.78 is 26.7. The van der Waals surface area contributed by atoms with E-state index in [0.29, 0.717) is 11.1 Å². The van der Waals surface area contributed by atoms with Crippen molar-refractivity contribution < 1.29 is 8.42 Å². The molecule has 0 bridgehead atoms. The number of sulfonamides is 1. The fourth-order valence-electron chi connectivity index (χ4n) is 1.61. The largest absolute Gasteiger partial charge is 0.389 e. The number of hydrogen-bond acceptors (Lipinski definition) is 4. The van der Waals surface area contributed by atoms with Crippen LogP contribution in [0.3, 0.4) is 0 Å². The van der Waals surface area contributed by atoms with Gasteiger partial charge in [0.15, 0.2) is 0 Å². The molecule has 0 saturated carbocycles. The molecule has 0 radical (unpaired) electrons. The summed E-state index contributed by atoms with van der Waals surface area (Å²) in [5, 5.41) is 0. The highest BCUT2D eigenvalue weighted by molar-refractivity contribution is 7.92. The van der Waals surface area contributed by atoms with Crippen LogP contribution in [0.25, 0.3) is 0 Å². The number of hydrogen-bond donors (Lipinski definition) is 3. The van der Waals surface area contributed by atoms with Crippen molar-refractivity contribution in [3.8, 4) is 0 Å². The molecule has 0 aliphatic carbocycles. The van der Waals surface area contributed by atoms with E-state index in [4.69, 9.17) is 18.0 Å². The van der Waals surface area contributed by atoms with Crippen LogP contribution < -0.4 is 10.5 Å². The van der Waals surface area contributed by atoms with Crippen LogP contribution in [-0.4, -0.2) is 23.4 Å². The third kappa shape index (κ3) is 2.91. The van der Waals surface area contributed by atoms with Gasteiger partial charge in [-0.05, 0) is 24.6 Å². The Morgan fingerprint density at radius 2 is 2.21 bits per heavy atom. The third-order valence-corrected chi connectivity index (χ3v) is 4.21. The molecule has 0 saturated heterocycles. The minimum absolute atomic E-state index is 0.156. The monoisotopic (exact) mass is 296 g/mol.